The van der Waals surface area contributed by atoms with Gasteiger partial charge in [-0.1, -0.05) is 11.8 Å². The van der Waals surface area contributed by atoms with Crippen molar-refractivity contribution >= 4 is 17.4 Å². The van der Waals surface area contributed by atoms with E-state index in [2.05, 4.69) is 15.2 Å². The van der Waals surface area contributed by atoms with Crippen LogP contribution in [0.25, 0.3) is 5.65 Å². The Morgan fingerprint density at radius 1 is 1.18 bits per heavy atom. The van der Waals surface area contributed by atoms with Crippen LogP contribution in [0.2, 0.25) is 0 Å². The van der Waals surface area contributed by atoms with Crippen LogP contribution in [0.1, 0.15) is 0 Å². The van der Waals surface area contributed by atoms with Gasteiger partial charge in [0.1, 0.15) is 17.1 Å². The van der Waals surface area contributed by atoms with Crippen LogP contribution in [-0.4, -0.2) is 24.7 Å². The van der Waals surface area contributed by atoms with Crippen LogP contribution >= 0.6 is 11.8 Å². The molecular weight excluding hydrogens is 236 g/mol. The van der Waals surface area contributed by atoms with Gasteiger partial charge in [-0.25, -0.2) is 4.98 Å². The minimum Gasteiger partial charge on any atom is -0.508 e. The molecule has 0 unspecified atom stereocenters. The number of hydrogen-bond acceptors (Lipinski definition) is 5. The lowest BCUT2D eigenvalue weighted by Crippen LogP contribution is -1.88. The number of aromatic hydroxyl groups is 1. The monoisotopic (exact) mass is 244 g/mol. The summed E-state index contributed by atoms with van der Waals surface area (Å²) in [5.41, 5.74) is 0.727. The lowest BCUT2D eigenvalue weighted by atomic mass is 10.3. The number of hydrogen-bond donors (Lipinski definition) is 1. The van der Waals surface area contributed by atoms with Crippen LogP contribution in [0.4, 0.5) is 0 Å². The Hall–Kier alpha value is -2.08. The number of rotatable bonds is 2. The largest absolute Gasteiger partial charge is 0.508 e. The SMILES string of the molecule is Oc1ccc(Sc2nccn3cnnc23)cc1. The minimum atomic E-state index is 0.253. The smallest absolute Gasteiger partial charge is 0.193 e. The fraction of sp³-hybridized carbons (Fsp3) is 0. The van der Waals surface area contributed by atoms with Gasteiger partial charge in [-0.2, -0.15) is 0 Å². The molecule has 1 aromatic carbocycles. The molecule has 2 aromatic heterocycles. The number of phenolic OH excluding ortho intramolecular Hbond substituents is 1. The van der Waals surface area contributed by atoms with Gasteiger partial charge >= 0.3 is 0 Å². The highest BCUT2D eigenvalue weighted by Crippen LogP contribution is 2.29. The van der Waals surface area contributed by atoms with E-state index in [4.69, 9.17) is 0 Å². The van der Waals surface area contributed by atoms with Crippen LogP contribution in [0.15, 0.2) is 52.9 Å². The van der Waals surface area contributed by atoms with Crippen molar-refractivity contribution in [2.75, 3.05) is 0 Å². The molecule has 0 fully saturated rings. The van der Waals surface area contributed by atoms with Crippen LogP contribution in [-0.2, 0) is 0 Å². The summed E-state index contributed by atoms with van der Waals surface area (Å²) in [7, 11) is 0. The predicted molar refractivity (Wildman–Crippen MR) is 63.0 cm³/mol. The van der Waals surface area contributed by atoms with E-state index in [1.54, 1.807) is 30.9 Å². The van der Waals surface area contributed by atoms with Crippen LogP contribution in [0, 0.1) is 0 Å². The third kappa shape index (κ3) is 1.94. The summed E-state index contributed by atoms with van der Waals surface area (Å²) in [5.74, 6) is 0.253. The van der Waals surface area contributed by atoms with Gasteiger partial charge in [0.2, 0.25) is 0 Å². The summed E-state index contributed by atoms with van der Waals surface area (Å²) in [5, 5.41) is 17.8. The van der Waals surface area contributed by atoms with E-state index in [1.807, 2.05) is 16.5 Å². The molecule has 3 rings (SSSR count). The molecular formula is C11H8N4OS. The lowest BCUT2D eigenvalue weighted by molar-refractivity contribution is 0.475. The van der Waals surface area contributed by atoms with Crippen molar-refractivity contribution in [1.29, 1.82) is 0 Å². The van der Waals surface area contributed by atoms with E-state index < -0.39 is 0 Å². The van der Waals surface area contributed by atoms with Gasteiger partial charge in [0.05, 0.1) is 0 Å². The van der Waals surface area contributed by atoms with E-state index in [0.717, 1.165) is 15.6 Å². The fourth-order valence-corrected chi connectivity index (χ4v) is 2.28. The molecule has 0 saturated heterocycles. The van der Waals surface area contributed by atoms with Crippen molar-refractivity contribution in [2.45, 2.75) is 9.92 Å². The van der Waals surface area contributed by atoms with E-state index in [9.17, 15) is 5.11 Å². The topological polar surface area (TPSA) is 63.3 Å². The summed E-state index contributed by atoms with van der Waals surface area (Å²) in [6.45, 7) is 0. The molecule has 3 aromatic rings. The number of fused-ring (bicyclic) bond motifs is 1. The number of aromatic nitrogens is 4. The molecule has 0 saturated carbocycles. The maximum Gasteiger partial charge on any atom is 0.193 e. The summed E-state index contributed by atoms with van der Waals surface area (Å²) >= 11 is 1.48. The second-order valence-corrected chi connectivity index (χ2v) is 4.45. The molecule has 84 valence electrons. The van der Waals surface area contributed by atoms with Crippen molar-refractivity contribution in [3.8, 4) is 5.75 Å². The minimum absolute atomic E-state index is 0.253. The Morgan fingerprint density at radius 3 is 2.82 bits per heavy atom. The van der Waals surface area contributed by atoms with Gasteiger partial charge in [0.25, 0.3) is 0 Å². The maximum atomic E-state index is 9.21. The molecule has 0 atom stereocenters. The Bertz CT molecular complexity index is 650. The molecule has 5 nitrogen and oxygen atoms in total. The second-order valence-electron chi connectivity index (χ2n) is 3.39. The average molecular weight is 244 g/mol. The van der Waals surface area contributed by atoms with Crippen molar-refractivity contribution < 1.29 is 5.11 Å². The first-order chi connectivity index (χ1) is 8.33. The standard InChI is InChI=1S/C11H8N4OS/c16-8-1-3-9(4-2-8)17-11-10-14-13-7-15(10)6-5-12-11/h1-7,16H. The maximum absolute atomic E-state index is 9.21. The quantitative estimate of drug-likeness (QED) is 0.746. The van der Waals surface area contributed by atoms with Crippen molar-refractivity contribution in [2.24, 2.45) is 0 Å². The fourth-order valence-electron chi connectivity index (χ4n) is 1.43. The molecule has 0 aliphatic rings. The Morgan fingerprint density at radius 2 is 2.00 bits per heavy atom. The van der Waals surface area contributed by atoms with Gasteiger partial charge in [-0.3, -0.25) is 4.40 Å². The van der Waals surface area contributed by atoms with Gasteiger partial charge < -0.3 is 5.11 Å². The van der Waals surface area contributed by atoms with Gasteiger partial charge in [-0.05, 0) is 24.3 Å². The zero-order valence-corrected chi connectivity index (χ0v) is 9.50. The molecule has 2 heterocycles. The highest BCUT2D eigenvalue weighted by Gasteiger charge is 2.06. The van der Waals surface area contributed by atoms with E-state index in [0.29, 0.717) is 0 Å². The molecule has 1 N–H and O–H groups in total. The summed E-state index contributed by atoms with van der Waals surface area (Å²) in [4.78, 5) is 5.27. The predicted octanol–water partition coefficient (Wildman–Crippen LogP) is 1.98. The van der Waals surface area contributed by atoms with Gasteiger partial charge in [-0.15, -0.1) is 10.2 Å². The molecule has 0 bridgehead atoms. The number of phenols is 1. The summed E-state index contributed by atoms with van der Waals surface area (Å²) < 4.78 is 1.82. The van der Waals surface area contributed by atoms with Crippen LogP contribution in [0.5, 0.6) is 5.75 Å². The van der Waals surface area contributed by atoms with E-state index >= 15 is 0 Å². The highest BCUT2D eigenvalue weighted by molar-refractivity contribution is 7.99. The Balaban J connectivity index is 1.99. The normalized spacial score (nSPS) is 10.8. The van der Waals surface area contributed by atoms with Crippen LogP contribution in [0.3, 0.4) is 0 Å². The molecule has 0 aliphatic carbocycles. The molecule has 0 aliphatic heterocycles. The highest BCUT2D eigenvalue weighted by atomic mass is 32.2. The number of nitrogens with zero attached hydrogens (tertiary/aromatic N) is 4. The third-order valence-corrected chi connectivity index (χ3v) is 3.22. The molecule has 6 heteroatoms. The summed E-state index contributed by atoms with van der Waals surface area (Å²) in [6.07, 6.45) is 5.15. The zero-order chi connectivity index (χ0) is 11.7. The van der Waals surface area contributed by atoms with E-state index in [-0.39, 0.29) is 5.75 Å². The first-order valence-corrected chi connectivity index (χ1v) is 5.76. The average Bonchev–Trinajstić information content (AvgIpc) is 2.81. The Labute approximate surface area is 101 Å². The first kappa shape index (κ1) is 10.1. The Kier molecular flexibility index (Phi) is 2.41. The van der Waals surface area contributed by atoms with Gasteiger partial charge in [0, 0.05) is 17.3 Å². The van der Waals surface area contributed by atoms with E-state index in [1.165, 1.54) is 11.8 Å². The van der Waals surface area contributed by atoms with Crippen molar-refractivity contribution in [3.05, 3.63) is 43.0 Å². The van der Waals surface area contributed by atoms with Crippen LogP contribution < -0.4 is 0 Å². The zero-order valence-electron chi connectivity index (χ0n) is 8.69. The molecule has 0 amide bonds. The second kappa shape index (κ2) is 4.06. The first-order valence-electron chi connectivity index (χ1n) is 4.94. The number of benzene rings is 1. The van der Waals surface area contributed by atoms with Crippen molar-refractivity contribution in [3.63, 3.8) is 0 Å². The lowest BCUT2D eigenvalue weighted by Gasteiger charge is -2.01. The van der Waals surface area contributed by atoms with Gasteiger partial charge in [0.15, 0.2) is 5.65 Å². The molecule has 0 spiro atoms. The third-order valence-electron chi connectivity index (χ3n) is 2.23. The molecule has 0 radical (unpaired) electrons. The summed E-state index contributed by atoms with van der Waals surface area (Å²) in [6, 6.07) is 6.96. The molecule has 17 heavy (non-hydrogen) atoms. The van der Waals surface area contributed by atoms with Crippen molar-refractivity contribution in [1.82, 2.24) is 19.6 Å².